The van der Waals surface area contributed by atoms with E-state index < -0.39 is 27.1 Å². The van der Waals surface area contributed by atoms with E-state index in [0.29, 0.717) is 17.0 Å². The molecule has 2 aromatic heterocycles. The summed E-state index contributed by atoms with van der Waals surface area (Å²) in [5, 5.41) is 12.8. The smallest absolute Gasteiger partial charge is 0.326 e. The second kappa shape index (κ2) is 6.77. The van der Waals surface area contributed by atoms with Crippen molar-refractivity contribution >= 4 is 16.0 Å². The molecule has 0 fully saturated rings. The van der Waals surface area contributed by atoms with Gasteiger partial charge >= 0.3 is 5.97 Å². The van der Waals surface area contributed by atoms with E-state index in [2.05, 4.69) is 9.88 Å². The number of sulfonamides is 1. The number of carbonyl (C=O) groups is 1. The van der Waals surface area contributed by atoms with Crippen molar-refractivity contribution in [2.45, 2.75) is 25.0 Å². The summed E-state index contributed by atoms with van der Waals surface area (Å²) in [6.45, 7) is 3.52. The molecule has 0 amide bonds. The molecule has 3 aromatic rings. The van der Waals surface area contributed by atoms with Gasteiger partial charge in [0.15, 0.2) is 5.76 Å². The Morgan fingerprint density at radius 2 is 1.85 bits per heavy atom. The van der Waals surface area contributed by atoms with Crippen LogP contribution in [0, 0.1) is 13.8 Å². The molecule has 9 heteroatoms. The number of hydrogen-bond donors (Lipinski definition) is 2. The highest BCUT2D eigenvalue weighted by Gasteiger charge is 2.29. The minimum absolute atomic E-state index is 0.190. The molecule has 8 nitrogen and oxygen atoms in total. The van der Waals surface area contributed by atoms with Gasteiger partial charge in [-0.25, -0.2) is 8.42 Å². The monoisotopic (exact) mass is 376 g/mol. The van der Waals surface area contributed by atoms with E-state index in [9.17, 15) is 18.3 Å². The fourth-order valence-corrected chi connectivity index (χ4v) is 3.46. The van der Waals surface area contributed by atoms with Crippen molar-refractivity contribution in [2.75, 3.05) is 0 Å². The van der Waals surface area contributed by atoms with Crippen LogP contribution in [0.4, 0.5) is 0 Å². The van der Waals surface area contributed by atoms with Crippen LogP contribution in [0.5, 0.6) is 0 Å². The first-order valence-electron chi connectivity index (χ1n) is 7.63. The topological polar surface area (TPSA) is 123 Å². The summed E-state index contributed by atoms with van der Waals surface area (Å²) in [4.78, 5) is 11.5. The predicted octanol–water partition coefficient (Wildman–Crippen LogP) is 2.66. The Balaban J connectivity index is 1.91. The van der Waals surface area contributed by atoms with E-state index >= 15 is 0 Å². The highest BCUT2D eigenvalue weighted by Crippen LogP contribution is 2.29. The van der Waals surface area contributed by atoms with Crippen LogP contribution in [0.15, 0.2) is 56.5 Å². The van der Waals surface area contributed by atoms with Gasteiger partial charge in [0, 0.05) is 5.56 Å². The molecule has 136 valence electrons. The lowest BCUT2D eigenvalue weighted by Gasteiger charge is -2.13. The average molecular weight is 376 g/mol. The van der Waals surface area contributed by atoms with Crippen molar-refractivity contribution in [3.8, 4) is 11.5 Å². The molecule has 0 saturated heterocycles. The molecule has 0 radical (unpaired) electrons. The van der Waals surface area contributed by atoms with Gasteiger partial charge in [-0.3, -0.25) is 4.79 Å². The average Bonchev–Trinajstić information content (AvgIpc) is 3.22. The van der Waals surface area contributed by atoms with Gasteiger partial charge in [-0.15, -0.1) is 0 Å². The first-order chi connectivity index (χ1) is 12.3. The van der Waals surface area contributed by atoms with Crippen molar-refractivity contribution in [1.82, 2.24) is 9.88 Å². The second-order valence-electron chi connectivity index (χ2n) is 5.64. The molecule has 0 bridgehead atoms. The fourth-order valence-electron chi connectivity index (χ4n) is 2.35. The molecule has 2 N–H and O–H groups in total. The lowest BCUT2D eigenvalue weighted by atomic mass is 10.1. The molecule has 1 aromatic carbocycles. The van der Waals surface area contributed by atoms with Crippen LogP contribution in [0.3, 0.4) is 0 Å². The Labute approximate surface area is 149 Å². The number of hydrogen-bond acceptors (Lipinski definition) is 6. The molecular weight excluding hydrogens is 360 g/mol. The molecule has 1 unspecified atom stereocenters. The Kier molecular flexibility index (Phi) is 4.66. The van der Waals surface area contributed by atoms with Gasteiger partial charge in [0.05, 0.1) is 5.69 Å². The predicted molar refractivity (Wildman–Crippen MR) is 90.8 cm³/mol. The van der Waals surface area contributed by atoms with Crippen LogP contribution in [0.25, 0.3) is 11.5 Å². The Morgan fingerprint density at radius 1 is 1.15 bits per heavy atom. The van der Waals surface area contributed by atoms with Crippen LogP contribution < -0.4 is 4.72 Å². The molecule has 2 heterocycles. The van der Waals surface area contributed by atoms with Crippen molar-refractivity contribution in [1.29, 1.82) is 0 Å². The first kappa shape index (κ1) is 17.9. The number of rotatable bonds is 6. The van der Waals surface area contributed by atoms with Crippen molar-refractivity contribution in [2.24, 2.45) is 0 Å². The standard InChI is InChI=1S/C17H16N2O6S/c1-10-11(2)18-25-16(10)13-8-9-14(24-13)26(22,23)19-15(17(20)21)12-6-4-3-5-7-12/h3-9,15,19H,1-2H3,(H,20,21). The van der Waals surface area contributed by atoms with E-state index in [4.69, 9.17) is 8.94 Å². The second-order valence-corrected chi connectivity index (χ2v) is 7.29. The highest BCUT2D eigenvalue weighted by atomic mass is 32.2. The summed E-state index contributed by atoms with van der Waals surface area (Å²) in [7, 11) is -4.21. The highest BCUT2D eigenvalue weighted by molar-refractivity contribution is 7.89. The Hall–Kier alpha value is -2.91. The van der Waals surface area contributed by atoms with Crippen molar-refractivity contribution < 1.29 is 27.3 Å². The Morgan fingerprint density at radius 3 is 2.42 bits per heavy atom. The molecule has 0 aliphatic carbocycles. The summed E-state index contributed by atoms with van der Waals surface area (Å²) in [5.74, 6) is -0.815. The number of benzene rings is 1. The number of furan rings is 1. The number of aromatic nitrogens is 1. The number of carboxylic acids is 1. The molecular formula is C17H16N2O6S. The van der Waals surface area contributed by atoms with Gasteiger partial charge in [-0.2, -0.15) is 4.72 Å². The van der Waals surface area contributed by atoms with Gasteiger partial charge in [-0.05, 0) is 31.5 Å². The molecule has 1 atom stereocenters. The van der Waals surface area contributed by atoms with Crippen molar-refractivity contribution in [3.63, 3.8) is 0 Å². The zero-order valence-corrected chi connectivity index (χ0v) is 14.8. The largest absolute Gasteiger partial charge is 0.480 e. The van der Waals surface area contributed by atoms with Crippen LogP contribution in [0.1, 0.15) is 22.9 Å². The van der Waals surface area contributed by atoms with E-state index in [1.54, 1.807) is 32.0 Å². The van der Waals surface area contributed by atoms with Crippen molar-refractivity contribution in [3.05, 3.63) is 59.3 Å². The number of nitrogens with one attached hydrogen (secondary N) is 1. The van der Waals surface area contributed by atoms with Crippen LogP contribution in [-0.2, 0) is 14.8 Å². The Bertz CT molecular complexity index is 1040. The molecule has 3 rings (SSSR count). The summed E-state index contributed by atoms with van der Waals surface area (Å²) >= 11 is 0. The lowest BCUT2D eigenvalue weighted by molar-refractivity contribution is -0.139. The molecule has 0 aliphatic heterocycles. The van der Waals surface area contributed by atoms with E-state index in [0.717, 1.165) is 5.56 Å². The van der Waals surface area contributed by atoms with Gasteiger partial charge in [0.2, 0.25) is 10.9 Å². The maximum Gasteiger partial charge on any atom is 0.326 e. The third kappa shape index (κ3) is 3.39. The molecule has 0 spiro atoms. The maximum atomic E-state index is 12.5. The minimum atomic E-state index is -4.21. The third-order valence-corrected chi connectivity index (χ3v) is 5.18. The quantitative estimate of drug-likeness (QED) is 0.678. The molecule has 0 saturated carbocycles. The lowest BCUT2D eigenvalue weighted by Crippen LogP contribution is -2.33. The number of aryl methyl sites for hydroxylation is 1. The van der Waals surface area contributed by atoms with E-state index in [1.165, 1.54) is 24.3 Å². The summed E-state index contributed by atoms with van der Waals surface area (Å²) in [6.07, 6.45) is 0. The number of nitrogens with zero attached hydrogens (tertiary/aromatic N) is 1. The number of aliphatic carboxylic acids is 1. The van der Waals surface area contributed by atoms with Crippen LogP contribution in [0.2, 0.25) is 0 Å². The van der Waals surface area contributed by atoms with Gasteiger partial charge in [-0.1, -0.05) is 35.5 Å². The minimum Gasteiger partial charge on any atom is -0.480 e. The zero-order chi connectivity index (χ0) is 18.9. The molecule has 0 aliphatic rings. The SMILES string of the molecule is Cc1noc(-c2ccc(S(=O)(=O)NC(C(=O)O)c3ccccc3)o2)c1C. The third-order valence-electron chi connectivity index (χ3n) is 3.88. The van der Waals surface area contributed by atoms with Gasteiger partial charge in [0.1, 0.15) is 6.04 Å². The summed E-state index contributed by atoms with van der Waals surface area (Å²) in [5.41, 5.74) is 1.69. The zero-order valence-electron chi connectivity index (χ0n) is 14.0. The summed E-state index contributed by atoms with van der Waals surface area (Å²) in [6, 6.07) is 9.23. The van der Waals surface area contributed by atoms with Crippen LogP contribution in [-0.4, -0.2) is 24.7 Å². The fraction of sp³-hybridized carbons (Fsp3) is 0.176. The van der Waals surface area contributed by atoms with Gasteiger partial charge < -0.3 is 14.0 Å². The van der Waals surface area contributed by atoms with E-state index in [-0.39, 0.29) is 5.76 Å². The normalized spacial score (nSPS) is 12.8. The first-order valence-corrected chi connectivity index (χ1v) is 9.11. The summed E-state index contributed by atoms with van der Waals surface area (Å²) < 4.78 is 37.7. The number of carboxylic acid groups (broad SMARTS) is 1. The van der Waals surface area contributed by atoms with E-state index in [1.807, 2.05) is 0 Å². The van der Waals surface area contributed by atoms with Gasteiger partial charge in [0.25, 0.3) is 10.0 Å². The van der Waals surface area contributed by atoms with Crippen LogP contribution >= 0.6 is 0 Å². The maximum absolute atomic E-state index is 12.5. The molecule has 26 heavy (non-hydrogen) atoms.